The standard InChI is InChI=1S/C9H8N2O3S/c12-8(7-2-1-3-14-7)10-4-6-5-15-9(13)11-6/h1-3,5H,4H2,(H,10,12)(H,11,13). The van der Waals surface area contributed by atoms with Crippen molar-refractivity contribution < 1.29 is 9.21 Å². The van der Waals surface area contributed by atoms with Crippen molar-refractivity contribution >= 4 is 17.2 Å². The number of rotatable bonds is 3. The van der Waals surface area contributed by atoms with E-state index in [0.29, 0.717) is 5.69 Å². The largest absolute Gasteiger partial charge is 0.459 e. The van der Waals surface area contributed by atoms with Crippen molar-refractivity contribution in [3.63, 3.8) is 0 Å². The van der Waals surface area contributed by atoms with E-state index in [-0.39, 0.29) is 23.1 Å². The molecule has 2 rings (SSSR count). The number of aromatic amines is 1. The third kappa shape index (κ3) is 2.35. The van der Waals surface area contributed by atoms with Gasteiger partial charge in [0.05, 0.1) is 12.8 Å². The summed E-state index contributed by atoms with van der Waals surface area (Å²) >= 11 is 1.07. The van der Waals surface area contributed by atoms with E-state index in [4.69, 9.17) is 4.42 Å². The van der Waals surface area contributed by atoms with Gasteiger partial charge < -0.3 is 14.7 Å². The Morgan fingerprint density at radius 3 is 3.07 bits per heavy atom. The fraction of sp³-hybridized carbons (Fsp3) is 0.111. The molecular weight excluding hydrogens is 216 g/mol. The molecule has 1 amide bonds. The number of carbonyl (C=O) groups excluding carboxylic acids is 1. The van der Waals surface area contributed by atoms with E-state index in [9.17, 15) is 9.59 Å². The second-order valence-corrected chi connectivity index (χ2v) is 3.68. The lowest BCUT2D eigenvalue weighted by Crippen LogP contribution is -2.22. The first kappa shape index (κ1) is 9.72. The molecule has 15 heavy (non-hydrogen) atoms. The Morgan fingerprint density at radius 1 is 1.60 bits per heavy atom. The molecule has 0 saturated carbocycles. The molecule has 0 aliphatic rings. The molecule has 6 heteroatoms. The summed E-state index contributed by atoms with van der Waals surface area (Å²) in [6.07, 6.45) is 1.43. The van der Waals surface area contributed by atoms with E-state index in [1.165, 1.54) is 6.26 Å². The summed E-state index contributed by atoms with van der Waals surface area (Å²) in [5.74, 6) is -0.0420. The molecule has 78 valence electrons. The molecule has 2 aromatic heterocycles. The number of H-pyrrole nitrogens is 1. The van der Waals surface area contributed by atoms with Crippen LogP contribution in [0.25, 0.3) is 0 Å². The van der Waals surface area contributed by atoms with Crippen LogP contribution in [0.5, 0.6) is 0 Å². The minimum absolute atomic E-state index is 0.128. The summed E-state index contributed by atoms with van der Waals surface area (Å²) in [6.45, 7) is 0.290. The van der Waals surface area contributed by atoms with Crippen molar-refractivity contribution in [3.05, 3.63) is 44.9 Å². The van der Waals surface area contributed by atoms with Crippen LogP contribution in [0.4, 0.5) is 0 Å². The van der Waals surface area contributed by atoms with Crippen molar-refractivity contribution in [1.29, 1.82) is 0 Å². The summed E-state index contributed by atoms with van der Waals surface area (Å²) < 4.78 is 4.91. The van der Waals surface area contributed by atoms with Crippen LogP contribution in [-0.4, -0.2) is 10.9 Å². The van der Waals surface area contributed by atoms with Gasteiger partial charge in [0.15, 0.2) is 5.76 Å². The molecule has 0 spiro atoms. The number of thiazole rings is 1. The molecule has 0 saturated heterocycles. The van der Waals surface area contributed by atoms with Crippen LogP contribution in [0, 0.1) is 0 Å². The van der Waals surface area contributed by atoms with Crippen molar-refractivity contribution in [2.24, 2.45) is 0 Å². The molecular formula is C9H8N2O3S. The Bertz CT molecular complexity index is 497. The molecule has 0 aliphatic heterocycles. The fourth-order valence-corrected chi connectivity index (χ4v) is 1.65. The highest BCUT2D eigenvalue weighted by atomic mass is 32.1. The van der Waals surface area contributed by atoms with E-state index in [0.717, 1.165) is 11.3 Å². The Morgan fingerprint density at radius 2 is 2.47 bits per heavy atom. The van der Waals surface area contributed by atoms with E-state index in [1.807, 2.05) is 0 Å². The number of amides is 1. The summed E-state index contributed by atoms with van der Waals surface area (Å²) in [5, 5.41) is 4.29. The van der Waals surface area contributed by atoms with Gasteiger partial charge >= 0.3 is 4.87 Å². The van der Waals surface area contributed by atoms with Gasteiger partial charge in [-0.25, -0.2) is 0 Å². The minimum Gasteiger partial charge on any atom is -0.459 e. The maximum Gasteiger partial charge on any atom is 0.304 e. The average molecular weight is 224 g/mol. The molecule has 0 fully saturated rings. The van der Waals surface area contributed by atoms with Crippen molar-refractivity contribution in [2.75, 3.05) is 0 Å². The Kier molecular flexibility index (Phi) is 2.68. The monoisotopic (exact) mass is 224 g/mol. The zero-order valence-electron chi connectivity index (χ0n) is 7.65. The number of carbonyl (C=O) groups is 1. The van der Waals surface area contributed by atoms with Crippen LogP contribution in [0.2, 0.25) is 0 Å². The molecule has 0 aromatic carbocycles. The Labute approximate surface area is 88.7 Å². The molecule has 0 radical (unpaired) electrons. The van der Waals surface area contributed by atoms with Crippen LogP contribution in [0.1, 0.15) is 16.2 Å². The summed E-state index contributed by atoms with van der Waals surface area (Å²) in [5.41, 5.74) is 0.685. The van der Waals surface area contributed by atoms with E-state index >= 15 is 0 Å². The zero-order valence-corrected chi connectivity index (χ0v) is 8.47. The number of aromatic nitrogens is 1. The first-order valence-electron chi connectivity index (χ1n) is 4.24. The molecule has 2 heterocycles. The fourth-order valence-electron chi connectivity index (χ4n) is 1.07. The van der Waals surface area contributed by atoms with E-state index < -0.39 is 0 Å². The molecule has 0 atom stereocenters. The van der Waals surface area contributed by atoms with Gasteiger partial charge in [-0.2, -0.15) is 0 Å². The molecule has 0 bridgehead atoms. The normalized spacial score (nSPS) is 10.1. The van der Waals surface area contributed by atoms with Crippen LogP contribution >= 0.6 is 11.3 Å². The van der Waals surface area contributed by atoms with Crippen LogP contribution < -0.4 is 10.2 Å². The van der Waals surface area contributed by atoms with Gasteiger partial charge in [-0.15, -0.1) is 0 Å². The average Bonchev–Trinajstić information content (AvgIpc) is 2.84. The molecule has 0 unspecified atom stereocenters. The van der Waals surface area contributed by atoms with E-state index in [1.54, 1.807) is 17.5 Å². The van der Waals surface area contributed by atoms with Crippen LogP contribution in [-0.2, 0) is 6.54 Å². The highest BCUT2D eigenvalue weighted by Crippen LogP contribution is 2.00. The maximum absolute atomic E-state index is 11.4. The van der Waals surface area contributed by atoms with Gasteiger partial charge in [0.2, 0.25) is 0 Å². The van der Waals surface area contributed by atoms with Crippen LogP contribution in [0.15, 0.2) is 33.0 Å². The number of hydrogen-bond acceptors (Lipinski definition) is 4. The number of hydrogen-bond donors (Lipinski definition) is 2. The number of furan rings is 1. The maximum atomic E-state index is 11.4. The number of nitrogens with one attached hydrogen (secondary N) is 2. The molecule has 0 aliphatic carbocycles. The topological polar surface area (TPSA) is 75.1 Å². The summed E-state index contributed by atoms with van der Waals surface area (Å²) in [6, 6.07) is 3.22. The minimum atomic E-state index is -0.299. The second-order valence-electron chi connectivity index (χ2n) is 2.83. The van der Waals surface area contributed by atoms with Crippen molar-refractivity contribution in [3.8, 4) is 0 Å². The van der Waals surface area contributed by atoms with Gasteiger partial charge in [-0.3, -0.25) is 9.59 Å². The molecule has 2 N–H and O–H groups in total. The first-order chi connectivity index (χ1) is 7.25. The second kappa shape index (κ2) is 4.14. The predicted octanol–water partition coefficient (Wildman–Crippen LogP) is 0.959. The van der Waals surface area contributed by atoms with Gasteiger partial charge in [-0.05, 0) is 12.1 Å². The van der Waals surface area contributed by atoms with Crippen LogP contribution in [0.3, 0.4) is 0 Å². The SMILES string of the molecule is O=C(NCc1csc(=O)[nH]1)c1ccco1. The summed E-state index contributed by atoms with van der Waals surface area (Å²) in [7, 11) is 0. The lowest BCUT2D eigenvalue weighted by Gasteiger charge is -1.99. The third-order valence-corrected chi connectivity index (χ3v) is 2.47. The highest BCUT2D eigenvalue weighted by molar-refractivity contribution is 7.07. The predicted molar refractivity (Wildman–Crippen MR) is 54.8 cm³/mol. The highest BCUT2D eigenvalue weighted by Gasteiger charge is 2.07. The first-order valence-corrected chi connectivity index (χ1v) is 5.12. The van der Waals surface area contributed by atoms with E-state index in [2.05, 4.69) is 10.3 Å². The molecule has 5 nitrogen and oxygen atoms in total. The van der Waals surface area contributed by atoms with Gasteiger partial charge in [-0.1, -0.05) is 11.3 Å². The summed E-state index contributed by atoms with van der Waals surface area (Å²) in [4.78, 5) is 24.7. The zero-order chi connectivity index (χ0) is 10.7. The smallest absolute Gasteiger partial charge is 0.304 e. The lowest BCUT2D eigenvalue weighted by atomic mass is 10.4. The van der Waals surface area contributed by atoms with Gasteiger partial charge in [0, 0.05) is 11.1 Å². The van der Waals surface area contributed by atoms with Crippen molar-refractivity contribution in [1.82, 2.24) is 10.3 Å². The van der Waals surface area contributed by atoms with Crippen molar-refractivity contribution in [2.45, 2.75) is 6.54 Å². The third-order valence-electron chi connectivity index (χ3n) is 1.76. The van der Waals surface area contributed by atoms with Gasteiger partial charge in [0.25, 0.3) is 5.91 Å². The van der Waals surface area contributed by atoms with Gasteiger partial charge in [0.1, 0.15) is 0 Å². The quantitative estimate of drug-likeness (QED) is 0.815. The Hall–Kier alpha value is -1.82. The molecule has 2 aromatic rings. The lowest BCUT2D eigenvalue weighted by molar-refractivity contribution is 0.0922. The Balaban J connectivity index is 1.94.